The Bertz CT molecular complexity index is 461. The summed E-state index contributed by atoms with van der Waals surface area (Å²) in [5.74, 6) is -0.708. The molecule has 1 fully saturated rings. The Morgan fingerprint density at radius 2 is 2.11 bits per heavy atom. The van der Waals surface area contributed by atoms with Crippen LogP contribution >= 0.6 is 0 Å². The van der Waals surface area contributed by atoms with Gasteiger partial charge in [0.1, 0.15) is 5.82 Å². The second-order valence-electron chi connectivity index (χ2n) is 4.40. The number of anilines is 1. The van der Waals surface area contributed by atoms with E-state index in [9.17, 15) is 14.0 Å². The first-order valence-electron chi connectivity index (χ1n) is 6.19. The fourth-order valence-electron chi connectivity index (χ4n) is 1.90. The molecule has 1 aliphatic heterocycles. The minimum absolute atomic E-state index is 0.0257. The van der Waals surface area contributed by atoms with Crippen LogP contribution in [-0.2, 0) is 9.59 Å². The Balaban J connectivity index is 1.89. The van der Waals surface area contributed by atoms with Crippen LogP contribution in [0.15, 0.2) is 24.3 Å². The molecule has 1 aliphatic rings. The molecule has 1 aromatic carbocycles. The lowest BCUT2D eigenvalue weighted by Crippen LogP contribution is -2.40. The zero-order chi connectivity index (χ0) is 13.7. The summed E-state index contributed by atoms with van der Waals surface area (Å²) >= 11 is 0. The maximum Gasteiger partial charge on any atom is 0.243 e. The highest BCUT2D eigenvalue weighted by Gasteiger charge is 2.18. The zero-order valence-electron chi connectivity index (χ0n) is 10.5. The van der Waals surface area contributed by atoms with E-state index in [-0.39, 0.29) is 30.7 Å². The zero-order valence-corrected chi connectivity index (χ0v) is 10.5. The third-order valence-corrected chi connectivity index (χ3v) is 2.87. The SMILES string of the molecule is O=C(CN1CCCNCC1=O)Nc1ccc(F)cc1. The van der Waals surface area contributed by atoms with Crippen molar-refractivity contribution in [3.8, 4) is 0 Å². The molecule has 1 saturated heterocycles. The van der Waals surface area contributed by atoms with Crippen molar-refractivity contribution in [1.29, 1.82) is 0 Å². The van der Waals surface area contributed by atoms with Crippen LogP contribution in [-0.4, -0.2) is 42.9 Å². The third-order valence-electron chi connectivity index (χ3n) is 2.87. The summed E-state index contributed by atoms with van der Waals surface area (Å²) in [6.45, 7) is 1.65. The largest absolute Gasteiger partial charge is 0.332 e. The molecule has 5 nitrogen and oxygen atoms in total. The van der Waals surface area contributed by atoms with Crippen LogP contribution < -0.4 is 10.6 Å². The molecular weight excluding hydrogens is 249 g/mol. The van der Waals surface area contributed by atoms with Gasteiger partial charge in [0.15, 0.2) is 0 Å². The molecule has 2 rings (SSSR count). The van der Waals surface area contributed by atoms with Crippen LogP contribution in [0.5, 0.6) is 0 Å². The first-order chi connectivity index (χ1) is 9.15. The summed E-state index contributed by atoms with van der Waals surface area (Å²) in [6.07, 6.45) is 0.829. The highest BCUT2D eigenvalue weighted by molar-refractivity contribution is 5.94. The van der Waals surface area contributed by atoms with E-state index in [2.05, 4.69) is 10.6 Å². The third kappa shape index (κ3) is 4.03. The fourth-order valence-corrected chi connectivity index (χ4v) is 1.90. The van der Waals surface area contributed by atoms with Crippen molar-refractivity contribution in [3.63, 3.8) is 0 Å². The van der Waals surface area contributed by atoms with Crippen molar-refractivity contribution in [1.82, 2.24) is 10.2 Å². The first kappa shape index (κ1) is 13.5. The monoisotopic (exact) mass is 265 g/mol. The number of halogens is 1. The number of amides is 2. The van der Waals surface area contributed by atoms with Crippen molar-refractivity contribution in [2.75, 3.05) is 31.5 Å². The van der Waals surface area contributed by atoms with E-state index in [1.54, 1.807) is 0 Å². The summed E-state index contributed by atoms with van der Waals surface area (Å²) in [5, 5.41) is 5.63. The van der Waals surface area contributed by atoms with Gasteiger partial charge in [-0.3, -0.25) is 9.59 Å². The molecule has 0 aliphatic carbocycles. The summed E-state index contributed by atoms with van der Waals surface area (Å²) in [5.41, 5.74) is 0.520. The molecule has 102 valence electrons. The lowest BCUT2D eigenvalue weighted by Gasteiger charge is -2.19. The Morgan fingerprint density at radius 1 is 1.37 bits per heavy atom. The number of hydrogen-bond donors (Lipinski definition) is 2. The van der Waals surface area contributed by atoms with Gasteiger partial charge in [-0.1, -0.05) is 0 Å². The van der Waals surface area contributed by atoms with Gasteiger partial charge in [0.25, 0.3) is 0 Å². The summed E-state index contributed by atoms with van der Waals surface area (Å²) in [4.78, 5) is 25.0. The van der Waals surface area contributed by atoms with Crippen molar-refractivity contribution in [2.45, 2.75) is 6.42 Å². The van der Waals surface area contributed by atoms with Gasteiger partial charge in [-0.2, -0.15) is 0 Å². The number of rotatable bonds is 3. The number of carbonyl (C=O) groups is 2. The van der Waals surface area contributed by atoms with Crippen LogP contribution in [0.1, 0.15) is 6.42 Å². The molecule has 0 saturated carbocycles. The molecule has 0 aromatic heterocycles. The quantitative estimate of drug-likeness (QED) is 0.840. The Hall–Kier alpha value is -1.95. The van der Waals surface area contributed by atoms with Gasteiger partial charge in [-0.25, -0.2) is 4.39 Å². The minimum Gasteiger partial charge on any atom is -0.332 e. The first-order valence-corrected chi connectivity index (χ1v) is 6.19. The van der Waals surface area contributed by atoms with Gasteiger partial charge >= 0.3 is 0 Å². The van der Waals surface area contributed by atoms with E-state index in [1.165, 1.54) is 29.2 Å². The van der Waals surface area contributed by atoms with Crippen molar-refractivity contribution in [2.24, 2.45) is 0 Å². The predicted octanol–water partition coefficient (Wildman–Crippen LogP) is 0.586. The average Bonchev–Trinajstić information content (AvgIpc) is 2.58. The van der Waals surface area contributed by atoms with Gasteiger partial charge in [0, 0.05) is 12.2 Å². The predicted molar refractivity (Wildman–Crippen MR) is 69.1 cm³/mol. The highest BCUT2D eigenvalue weighted by Crippen LogP contribution is 2.08. The molecule has 0 spiro atoms. The molecule has 2 amide bonds. The molecule has 0 atom stereocenters. The molecule has 6 heteroatoms. The number of carbonyl (C=O) groups excluding carboxylic acids is 2. The van der Waals surface area contributed by atoms with E-state index in [0.717, 1.165) is 13.0 Å². The van der Waals surface area contributed by atoms with Gasteiger partial charge in [-0.15, -0.1) is 0 Å². The second-order valence-corrected chi connectivity index (χ2v) is 4.40. The lowest BCUT2D eigenvalue weighted by molar-refractivity contribution is -0.133. The van der Waals surface area contributed by atoms with Gasteiger partial charge in [0.05, 0.1) is 13.1 Å². The van der Waals surface area contributed by atoms with Gasteiger partial charge in [0.2, 0.25) is 11.8 Å². The molecule has 1 aromatic rings. The van der Waals surface area contributed by atoms with E-state index in [4.69, 9.17) is 0 Å². The maximum absolute atomic E-state index is 12.7. The number of benzene rings is 1. The molecular formula is C13H16FN3O2. The molecule has 2 N–H and O–H groups in total. The normalized spacial score (nSPS) is 16.1. The van der Waals surface area contributed by atoms with Crippen LogP contribution in [0.2, 0.25) is 0 Å². The summed E-state index contributed by atoms with van der Waals surface area (Å²) < 4.78 is 12.7. The molecule has 0 unspecified atom stereocenters. The van der Waals surface area contributed by atoms with E-state index in [0.29, 0.717) is 12.2 Å². The summed E-state index contributed by atoms with van der Waals surface area (Å²) in [6, 6.07) is 5.52. The van der Waals surface area contributed by atoms with Crippen LogP contribution in [0.3, 0.4) is 0 Å². The molecule has 0 radical (unpaired) electrons. The van der Waals surface area contributed by atoms with Crippen LogP contribution in [0, 0.1) is 5.82 Å². The van der Waals surface area contributed by atoms with Crippen molar-refractivity contribution < 1.29 is 14.0 Å². The summed E-state index contributed by atoms with van der Waals surface area (Å²) in [7, 11) is 0. The van der Waals surface area contributed by atoms with Crippen molar-refractivity contribution >= 4 is 17.5 Å². The fraction of sp³-hybridized carbons (Fsp3) is 0.385. The van der Waals surface area contributed by atoms with Crippen molar-refractivity contribution in [3.05, 3.63) is 30.1 Å². The number of nitrogens with one attached hydrogen (secondary N) is 2. The number of nitrogens with zero attached hydrogens (tertiary/aromatic N) is 1. The topological polar surface area (TPSA) is 61.4 Å². The highest BCUT2D eigenvalue weighted by atomic mass is 19.1. The second kappa shape index (κ2) is 6.29. The van der Waals surface area contributed by atoms with E-state index in [1.807, 2.05) is 0 Å². The van der Waals surface area contributed by atoms with Crippen LogP contribution in [0.25, 0.3) is 0 Å². The standard InChI is InChI=1S/C13H16FN3O2/c14-10-2-4-11(5-3-10)16-12(18)9-17-7-1-6-15-8-13(17)19/h2-5,15H,1,6-9H2,(H,16,18). The molecule has 1 heterocycles. The van der Waals surface area contributed by atoms with E-state index >= 15 is 0 Å². The minimum atomic E-state index is -0.355. The van der Waals surface area contributed by atoms with E-state index < -0.39 is 0 Å². The van der Waals surface area contributed by atoms with Gasteiger partial charge in [-0.05, 0) is 37.2 Å². The maximum atomic E-state index is 12.7. The van der Waals surface area contributed by atoms with Gasteiger partial charge < -0.3 is 15.5 Å². The molecule has 19 heavy (non-hydrogen) atoms. The number of hydrogen-bond acceptors (Lipinski definition) is 3. The van der Waals surface area contributed by atoms with Crippen LogP contribution in [0.4, 0.5) is 10.1 Å². The lowest BCUT2D eigenvalue weighted by atomic mass is 10.3. The Labute approximate surface area is 110 Å². The molecule has 0 bridgehead atoms. The smallest absolute Gasteiger partial charge is 0.243 e. The Morgan fingerprint density at radius 3 is 2.84 bits per heavy atom. The average molecular weight is 265 g/mol. The Kier molecular flexibility index (Phi) is 4.46.